The Balaban J connectivity index is 2.86. The van der Waals surface area contributed by atoms with Gasteiger partial charge < -0.3 is 4.43 Å². The Morgan fingerprint density at radius 3 is 2.38 bits per heavy atom. The lowest BCUT2D eigenvalue weighted by Crippen LogP contribution is -2.29. The molecule has 0 aliphatic heterocycles. The van der Waals surface area contributed by atoms with E-state index in [4.69, 9.17) is 16.0 Å². The van der Waals surface area contributed by atoms with Crippen LogP contribution in [-0.4, -0.2) is 8.32 Å². The highest BCUT2D eigenvalue weighted by Gasteiger charge is 2.16. The summed E-state index contributed by atoms with van der Waals surface area (Å²) in [6.45, 7) is 6.43. The Bertz CT molecular complexity index is 309. The molecule has 0 aliphatic rings. The van der Waals surface area contributed by atoms with Gasteiger partial charge in [-0.3, -0.25) is 0 Å². The first-order chi connectivity index (χ1) is 5.88. The number of benzene rings is 1. The molecule has 0 N–H and O–H groups in total. The van der Waals surface area contributed by atoms with E-state index in [1.54, 1.807) is 0 Å². The summed E-state index contributed by atoms with van der Waals surface area (Å²) in [5.74, 6) is 0.854. The summed E-state index contributed by atoms with van der Waals surface area (Å²) >= 11 is 9.26. The van der Waals surface area contributed by atoms with Gasteiger partial charge >= 0.3 is 0 Å². The molecule has 0 aliphatic carbocycles. The summed E-state index contributed by atoms with van der Waals surface area (Å²) in [4.78, 5) is 0. The summed E-state index contributed by atoms with van der Waals surface area (Å²) in [6, 6.07) is 5.66. The summed E-state index contributed by atoms with van der Waals surface area (Å²) in [5.41, 5.74) is 0. The monoisotopic (exact) mass is 278 g/mol. The average Bonchev–Trinajstić information content (AvgIpc) is 1.94. The molecule has 0 aromatic heterocycles. The second-order valence-corrected chi connectivity index (χ2v) is 9.48. The first kappa shape index (κ1) is 11.1. The van der Waals surface area contributed by atoms with Crippen molar-refractivity contribution < 1.29 is 4.43 Å². The van der Waals surface area contributed by atoms with E-state index in [2.05, 4.69) is 35.6 Å². The number of halogens is 2. The van der Waals surface area contributed by atoms with Crippen molar-refractivity contribution in [3.63, 3.8) is 0 Å². The normalized spacial score (nSPS) is 11.5. The van der Waals surface area contributed by atoms with Gasteiger partial charge in [-0.2, -0.15) is 0 Å². The Hall–Kier alpha value is 0.00688. The van der Waals surface area contributed by atoms with Crippen LogP contribution in [0.3, 0.4) is 0 Å². The molecule has 0 amide bonds. The highest BCUT2D eigenvalue weighted by Crippen LogP contribution is 2.27. The van der Waals surface area contributed by atoms with Crippen molar-refractivity contribution in [3.8, 4) is 5.75 Å². The van der Waals surface area contributed by atoms with Crippen molar-refractivity contribution in [3.05, 3.63) is 27.7 Å². The van der Waals surface area contributed by atoms with Crippen LogP contribution >= 0.6 is 27.5 Å². The van der Waals surface area contributed by atoms with E-state index in [1.165, 1.54) is 0 Å². The van der Waals surface area contributed by atoms with Gasteiger partial charge in [-0.1, -0.05) is 11.6 Å². The van der Waals surface area contributed by atoms with E-state index in [9.17, 15) is 0 Å². The van der Waals surface area contributed by atoms with Crippen molar-refractivity contribution in [2.45, 2.75) is 19.6 Å². The van der Waals surface area contributed by atoms with Gasteiger partial charge in [0.1, 0.15) is 5.75 Å². The third-order valence-corrected chi connectivity index (χ3v) is 3.40. The predicted octanol–water partition coefficient (Wildman–Crippen LogP) is 4.32. The molecule has 0 radical (unpaired) electrons. The van der Waals surface area contributed by atoms with Crippen LogP contribution < -0.4 is 4.43 Å². The molecule has 0 saturated carbocycles. The van der Waals surface area contributed by atoms with Crippen molar-refractivity contribution in [2.24, 2.45) is 0 Å². The summed E-state index contributed by atoms with van der Waals surface area (Å²) in [7, 11) is -1.51. The first-order valence-electron chi connectivity index (χ1n) is 4.02. The van der Waals surface area contributed by atoms with Crippen LogP contribution in [0.2, 0.25) is 24.7 Å². The van der Waals surface area contributed by atoms with Gasteiger partial charge in [0.25, 0.3) is 0 Å². The fraction of sp³-hybridized carbons (Fsp3) is 0.333. The number of hydrogen-bond donors (Lipinski definition) is 0. The van der Waals surface area contributed by atoms with E-state index in [0.29, 0.717) is 5.02 Å². The molecule has 0 spiro atoms. The van der Waals surface area contributed by atoms with Crippen molar-refractivity contribution in [2.75, 3.05) is 0 Å². The molecule has 1 nitrogen and oxygen atoms in total. The molecule has 0 bridgehead atoms. The highest BCUT2D eigenvalue weighted by molar-refractivity contribution is 9.10. The minimum absolute atomic E-state index is 0.691. The van der Waals surface area contributed by atoms with Crippen molar-refractivity contribution >= 4 is 35.8 Å². The van der Waals surface area contributed by atoms with E-state index >= 15 is 0 Å². The molecule has 13 heavy (non-hydrogen) atoms. The van der Waals surface area contributed by atoms with Crippen LogP contribution in [0.5, 0.6) is 5.75 Å². The summed E-state index contributed by atoms with van der Waals surface area (Å²) in [6.07, 6.45) is 0. The summed E-state index contributed by atoms with van der Waals surface area (Å²) in [5, 5.41) is 0.691. The second kappa shape index (κ2) is 4.03. The van der Waals surface area contributed by atoms with Crippen LogP contribution in [-0.2, 0) is 0 Å². The van der Waals surface area contributed by atoms with Gasteiger partial charge in [0.15, 0.2) is 0 Å². The third kappa shape index (κ3) is 3.71. The zero-order valence-electron chi connectivity index (χ0n) is 7.90. The van der Waals surface area contributed by atoms with Gasteiger partial charge in [-0.05, 0) is 53.8 Å². The highest BCUT2D eigenvalue weighted by atomic mass is 79.9. The lowest BCUT2D eigenvalue weighted by Gasteiger charge is -2.19. The molecule has 1 rings (SSSR count). The van der Waals surface area contributed by atoms with Gasteiger partial charge in [-0.15, -0.1) is 0 Å². The zero-order chi connectivity index (χ0) is 10.1. The van der Waals surface area contributed by atoms with Crippen molar-refractivity contribution in [1.29, 1.82) is 0 Å². The lowest BCUT2D eigenvalue weighted by molar-refractivity contribution is 0.557. The van der Waals surface area contributed by atoms with E-state index in [-0.39, 0.29) is 0 Å². The van der Waals surface area contributed by atoms with E-state index in [0.717, 1.165) is 10.2 Å². The molecule has 0 saturated heterocycles. The van der Waals surface area contributed by atoms with Crippen LogP contribution in [0.25, 0.3) is 0 Å². The molecule has 1 aromatic rings. The smallest absolute Gasteiger partial charge is 0.242 e. The molecule has 0 unspecified atom stereocenters. The molecular formula is C9H12BrClOSi. The Labute approximate surface area is 93.3 Å². The third-order valence-electron chi connectivity index (χ3n) is 1.32. The predicted molar refractivity (Wildman–Crippen MR) is 63.1 cm³/mol. The Morgan fingerprint density at radius 2 is 1.92 bits per heavy atom. The molecule has 1 aromatic carbocycles. The SMILES string of the molecule is C[Si](C)(C)Oc1ccc(Br)c(Cl)c1. The molecule has 4 heteroatoms. The first-order valence-corrected chi connectivity index (χ1v) is 8.60. The zero-order valence-corrected chi connectivity index (χ0v) is 11.2. The maximum absolute atomic E-state index is 5.93. The number of rotatable bonds is 2. The molecule has 0 fully saturated rings. The van der Waals surface area contributed by atoms with Crippen LogP contribution in [0.1, 0.15) is 0 Å². The standard InChI is InChI=1S/C9H12BrClOSi/c1-13(2,3)12-7-4-5-8(10)9(11)6-7/h4-6H,1-3H3. The Kier molecular flexibility index (Phi) is 3.43. The molecule has 72 valence electrons. The molecular weight excluding hydrogens is 268 g/mol. The van der Waals surface area contributed by atoms with Gasteiger partial charge in [-0.25, -0.2) is 0 Å². The minimum atomic E-state index is -1.51. The number of hydrogen-bond acceptors (Lipinski definition) is 1. The van der Waals surface area contributed by atoms with Crippen LogP contribution in [0.4, 0.5) is 0 Å². The maximum atomic E-state index is 5.93. The fourth-order valence-electron chi connectivity index (χ4n) is 0.894. The summed E-state index contributed by atoms with van der Waals surface area (Å²) < 4.78 is 6.67. The topological polar surface area (TPSA) is 9.23 Å². The van der Waals surface area contributed by atoms with Gasteiger partial charge in [0, 0.05) is 4.47 Å². The fourth-order valence-corrected chi connectivity index (χ4v) is 2.15. The van der Waals surface area contributed by atoms with Gasteiger partial charge in [0.2, 0.25) is 8.32 Å². The lowest BCUT2D eigenvalue weighted by atomic mass is 10.3. The van der Waals surface area contributed by atoms with Crippen LogP contribution in [0, 0.1) is 0 Å². The molecule has 0 atom stereocenters. The maximum Gasteiger partial charge on any atom is 0.242 e. The van der Waals surface area contributed by atoms with Crippen molar-refractivity contribution in [1.82, 2.24) is 0 Å². The van der Waals surface area contributed by atoms with E-state index in [1.807, 2.05) is 18.2 Å². The second-order valence-electron chi connectivity index (χ2n) is 3.79. The van der Waals surface area contributed by atoms with Crippen LogP contribution in [0.15, 0.2) is 22.7 Å². The largest absolute Gasteiger partial charge is 0.544 e. The molecule has 0 heterocycles. The Morgan fingerprint density at radius 1 is 1.31 bits per heavy atom. The minimum Gasteiger partial charge on any atom is -0.544 e. The van der Waals surface area contributed by atoms with E-state index < -0.39 is 8.32 Å². The quantitative estimate of drug-likeness (QED) is 0.733. The average molecular weight is 280 g/mol. The van der Waals surface area contributed by atoms with Gasteiger partial charge in [0.05, 0.1) is 5.02 Å².